The van der Waals surface area contributed by atoms with Gasteiger partial charge in [-0.3, -0.25) is 0 Å². The van der Waals surface area contributed by atoms with Crippen LogP contribution in [0.1, 0.15) is 12.7 Å². The molecule has 0 saturated carbocycles. The lowest BCUT2D eigenvalue weighted by molar-refractivity contribution is 0.340. The summed E-state index contributed by atoms with van der Waals surface area (Å²) in [7, 11) is 0. The van der Waals surface area contributed by atoms with Gasteiger partial charge in [-0.2, -0.15) is 0 Å². The second-order valence-electron chi connectivity index (χ2n) is 5.40. The lowest BCUT2D eigenvalue weighted by Crippen LogP contribution is -2.01. The number of hydrogen-bond acceptors (Lipinski definition) is 5. The molecular formula is C19H19FN4O. The lowest BCUT2D eigenvalue weighted by atomic mass is 10.3. The average Bonchev–Trinajstić information content (AvgIpc) is 2.58. The Morgan fingerprint density at radius 3 is 1.92 bits per heavy atom. The van der Waals surface area contributed by atoms with Crippen molar-refractivity contribution in [2.45, 2.75) is 13.8 Å². The number of aryl methyl sites for hydroxylation is 1. The van der Waals surface area contributed by atoms with Crippen LogP contribution in [-0.2, 0) is 0 Å². The van der Waals surface area contributed by atoms with Gasteiger partial charge < -0.3 is 15.4 Å². The highest BCUT2D eigenvalue weighted by molar-refractivity contribution is 5.63. The van der Waals surface area contributed by atoms with Crippen molar-refractivity contribution < 1.29 is 9.13 Å². The zero-order valence-corrected chi connectivity index (χ0v) is 14.1. The predicted octanol–water partition coefficient (Wildman–Crippen LogP) is 4.81. The summed E-state index contributed by atoms with van der Waals surface area (Å²) >= 11 is 0. The zero-order valence-electron chi connectivity index (χ0n) is 14.1. The van der Waals surface area contributed by atoms with Crippen molar-refractivity contribution in [1.29, 1.82) is 0 Å². The van der Waals surface area contributed by atoms with E-state index in [4.69, 9.17) is 4.74 Å². The molecule has 0 radical (unpaired) electrons. The number of aromatic nitrogens is 2. The van der Waals surface area contributed by atoms with Gasteiger partial charge in [-0.15, -0.1) is 0 Å². The molecule has 0 amide bonds. The second-order valence-corrected chi connectivity index (χ2v) is 5.40. The van der Waals surface area contributed by atoms with Crippen LogP contribution in [0, 0.1) is 12.7 Å². The average molecular weight is 338 g/mol. The topological polar surface area (TPSA) is 59.1 Å². The van der Waals surface area contributed by atoms with Crippen LogP contribution < -0.4 is 15.4 Å². The van der Waals surface area contributed by atoms with Crippen molar-refractivity contribution in [3.8, 4) is 5.75 Å². The molecule has 128 valence electrons. The quantitative estimate of drug-likeness (QED) is 0.675. The van der Waals surface area contributed by atoms with Crippen molar-refractivity contribution in [3.05, 3.63) is 66.2 Å². The highest BCUT2D eigenvalue weighted by Gasteiger charge is 2.04. The molecular weight excluding hydrogens is 319 g/mol. The SMILES string of the molecule is CCOc1ccc(Nc2cc(Nc3ccc(F)cc3)nc(C)n2)cc1. The van der Waals surface area contributed by atoms with Crippen molar-refractivity contribution in [1.82, 2.24) is 9.97 Å². The Hall–Kier alpha value is -3.15. The van der Waals surface area contributed by atoms with E-state index in [1.807, 2.05) is 38.1 Å². The number of nitrogens with zero attached hydrogens (tertiary/aromatic N) is 2. The molecule has 0 atom stereocenters. The van der Waals surface area contributed by atoms with Crippen LogP contribution in [0.4, 0.5) is 27.4 Å². The molecule has 0 aliphatic carbocycles. The first-order valence-corrected chi connectivity index (χ1v) is 8.00. The zero-order chi connectivity index (χ0) is 17.6. The third kappa shape index (κ3) is 4.67. The number of nitrogens with one attached hydrogen (secondary N) is 2. The molecule has 0 aliphatic heterocycles. The molecule has 0 saturated heterocycles. The van der Waals surface area contributed by atoms with Crippen LogP contribution >= 0.6 is 0 Å². The minimum Gasteiger partial charge on any atom is -0.494 e. The fraction of sp³-hybridized carbons (Fsp3) is 0.158. The van der Waals surface area contributed by atoms with Crippen LogP contribution in [0.3, 0.4) is 0 Å². The van der Waals surface area contributed by atoms with E-state index in [0.717, 1.165) is 17.1 Å². The van der Waals surface area contributed by atoms with Crippen molar-refractivity contribution in [3.63, 3.8) is 0 Å². The van der Waals surface area contributed by atoms with E-state index in [9.17, 15) is 4.39 Å². The molecule has 3 aromatic rings. The first-order chi connectivity index (χ1) is 12.1. The van der Waals surface area contributed by atoms with E-state index in [1.54, 1.807) is 18.2 Å². The minimum atomic E-state index is -0.276. The monoisotopic (exact) mass is 338 g/mol. The van der Waals surface area contributed by atoms with Gasteiger partial charge in [-0.05, 0) is 62.4 Å². The maximum atomic E-state index is 13.0. The summed E-state index contributed by atoms with van der Waals surface area (Å²) in [5.41, 5.74) is 1.65. The molecule has 3 rings (SSSR count). The smallest absolute Gasteiger partial charge is 0.136 e. The number of benzene rings is 2. The van der Waals surface area contributed by atoms with Gasteiger partial charge in [0.15, 0.2) is 0 Å². The van der Waals surface area contributed by atoms with E-state index in [0.29, 0.717) is 24.1 Å². The minimum absolute atomic E-state index is 0.276. The highest BCUT2D eigenvalue weighted by Crippen LogP contribution is 2.22. The second kappa shape index (κ2) is 7.61. The van der Waals surface area contributed by atoms with Crippen LogP contribution in [0.25, 0.3) is 0 Å². The fourth-order valence-corrected chi connectivity index (χ4v) is 2.33. The Balaban J connectivity index is 1.75. The highest BCUT2D eigenvalue weighted by atomic mass is 19.1. The standard InChI is InChI=1S/C19H19FN4O/c1-3-25-17-10-8-16(9-11-17)24-19-12-18(21-13(2)22-19)23-15-6-4-14(20)5-7-15/h4-12H,3H2,1-2H3,(H2,21,22,23,24). The lowest BCUT2D eigenvalue weighted by Gasteiger charge is -2.11. The van der Waals surface area contributed by atoms with Gasteiger partial charge in [-0.25, -0.2) is 14.4 Å². The maximum absolute atomic E-state index is 13.0. The van der Waals surface area contributed by atoms with E-state index in [-0.39, 0.29) is 5.82 Å². The number of hydrogen-bond donors (Lipinski definition) is 2. The fourth-order valence-electron chi connectivity index (χ4n) is 2.33. The number of rotatable bonds is 6. The summed E-state index contributed by atoms with van der Waals surface area (Å²) < 4.78 is 18.4. The molecule has 0 bridgehead atoms. The van der Waals surface area contributed by atoms with Gasteiger partial charge >= 0.3 is 0 Å². The van der Waals surface area contributed by atoms with Gasteiger partial charge in [-0.1, -0.05) is 0 Å². The van der Waals surface area contributed by atoms with Crippen molar-refractivity contribution in [2.75, 3.05) is 17.2 Å². The summed E-state index contributed by atoms with van der Waals surface area (Å²) in [5.74, 6) is 2.47. The molecule has 0 fully saturated rings. The summed E-state index contributed by atoms with van der Waals surface area (Å²) in [6, 6.07) is 15.6. The molecule has 25 heavy (non-hydrogen) atoms. The molecule has 0 unspecified atom stereocenters. The van der Waals surface area contributed by atoms with Crippen LogP contribution in [0.15, 0.2) is 54.6 Å². The van der Waals surface area contributed by atoms with E-state index < -0.39 is 0 Å². The first kappa shape index (κ1) is 16.7. The normalized spacial score (nSPS) is 10.4. The summed E-state index contributed by atoms with van der Waals surface area (Å²) in [6.07, 6.45) is 0. The third-order valence-electron chi connectivity index (χ3n) is 3.39. The molecule has 0 spiro atoms. The summed E-state index contributed by atoms with van der Waals surface area (Å²) in [4.78, 5) is 8.75. The third-order valence-corrected chi connectivity index (χ3v) is 3.39. The predicted molar refractivity (Wildman–Crippen MR) is 97.3 cm³/mol. The number of ether oxygens (including phenoxy) is 1. The summed E-state index contributed by atoms with van der Waals surface area (Å²) in [6.45, 7) is 4.40. The number of halogens is 1. The van der Waals surface area contributed by atoms with Crippen LogP contribution in [0.2, 0.25) is 0 Å². The molecule has 5 nitrogen and oxygen atoms in total. The van der Waals surface area contributed by atoms with Crippen molar-refractivity contribution in [2.24, 2.45) is 0 Å². The van der Waals surface area contributed by atoms with Gasteiger partial charge in [0.25, 0.3) is 0 Å². The van der Waals surface area contributed by atoms with Crippen LogP contribution in [-0.4, -0.2) is 16.6 Å². The molecule has 0 aliphatic rings. The molecule has 2 aromatic carbocycles. The Morgan fingerprint density at radius 1 is 0.880 bits per heavy atom. The Labute approximate surface area is 145 Å². The number of anilines is 4. The molecule has 1 heterocycles. The van der Waals surface area contributed by atoms with Gasteiger partial charge in [0.2, 0.25) is 0 Å². The Bertz CT molecular complexity index is 835. The van der Waals surface area contributed by atoms with Gasteiger partial charge in [0, 0.05) is 17.4 Å². The van der Waals surface area contributed by atoms with Crippen molar-refractivity contribution >= 4 is 23.0 Å². The van der Waals surface area contributed by atoms with E-state index >= 15 is 0 Å². The molecule has 6 heteroatoms. The van der Waals surface area contributed by atoms with Gasteiger partial charge in [0.05, 0.1) is 6.61 Å². The summed E-state index contributed by atoms with van der Waals surface area (Å²) in [5, 5.41) is 6.39. The Morgan fingerprint density at radius 2 is 1.40 bits per heavy atom. The van der Waals surface area contributed by atoms with E-state index in [2.05, 4.69) is 20.6 Å². The Kier molecular flexibility index (Phi) is 5.09. The molecule has 1 aromatic heterocycles. The largest absolute Gasteiger partial charge is 0.494 e. The first-order valence-electron chi connectivity index (χ1n) is 8.00. The maximum Gasteiger partial charge on any atom is 0.136 e. The van der Waals surface area contributed by atoms with E-state index in [1.165, 1.54) is 12.1 Å². The van der Waals surface area contributed by atoms with Gasteiger partial charge in [0.1, 0.15) is 29.0 Å². The van der Waals surface area contributed by atoms with Crippen LogP contribution in [0.5, 0.6) is 5.75 Å². The molecule has 2 N–H and O–H groups in total.